The van der Waals surface area contributed by atoms with Crippen LogP contribution >= 0.6 is 0 Å². The summed E-state index contributed by atoms with van der Waals surface area (Å²) in [5, 5.41) is 10.5. The van der Waals surface area contributed by atoms with Gasteiger partial charge in [-0.3, -0.25) is 10.1 Å². The van der Waals surface area contributed by atoms with Gasteiger partial charge in [0.2, 0.25) is 5.76 Å². The van der Waals surface area contributed by atoms with Crippen molar-refractivity contribution in [2.24, 2.45) is 0 Å². The summed E-state index contributed by atoms with van der Waals surface area (Å²) in [7, 11) is 1.26. The molecule has 0 atom stereocenters. The number of methoxy groups -OCH3 is 1. The van der Waals surface area contributed by atoms with Crippen LogP contribution < -0.4 is 0 Å². The Morgan fingerprint density at radius 1 is 1.22 bits per heavy atom. The Morgan fingerprint density at radius 3 is 2.44 bits per heavy atom. The number of hydrogen-bond donors (Lipinski definition) is 0. The Kier molecular flexibility index (Phi) is 3.09. The van der Waals surface area contributed by atoms with E-state index in [9.17, 15) is 14.9 Å². The first-order valence-electron chi connectivity index (χ1n) is 5.05. The summed E-state index contributed by atoms with van der Waals surface area (Å²) in [6.07, 6.45) is 0. The van der Waals surface area contributed by atoms with Crippen molar-refractivity contribution in [1.82, 2.24) is 0 Å². The molecule has 0 bridgehead atoms. The van der Waals surface area contributed by atoms with Crippen LogP contribution in [0.1, 0.15) is 10.6 Å². The van der Waals surface area contributed by atoms with Crippen molar-refractivity contribution in [3.63, 3.8) is 0 Å². The van der Waals surface area contributed by atoms with Gasteiger partial charge in [0, 0.05) is 17.7 Å². The number of esters is 1. The van der Waals surface area contributed by atoms with Crippen molar-refractivity contribution in [2.75, 3.05) is 7.11 Å². The molecule has 0 saturated heterocycles. The zero-order valence-corrected chi connectivity index (χ0v) is 9.45. The molecule has 2 rings (SSSR count). The van der Waals surface area contributed by atoms with Gasteiger partial charge < -0.3 is 9.15 Å². The molecule has 18 heavy (non-hydrogen) atoms. The maximum atomic E-state index is 11.2. The molecule has 0 aliphatic rings. The lowest BCUT2D eigenvalue weighted by Crippen LogP contribution is -1.98. The monoisotopic (exact) mass is 247 g/mol. The molecule has 0 N–H and O–H groups in total. The van der Waals surface area contributed by atoms with Crippen LogP contribution in [0.3, 0.4) is 0 Å². The zero-order chi connectivity index (χ0) is 13.1. The molecule has 0 fully saturated rings. The van der Waals surface area contributed by atoms with E-state index in [2.05, 4.69) is 4.74 Å². The first-order chi connectivity index (χ1) is 8.61. The van der Waals surface area contributed by atoms with E-state index in [-0.39, 0.29) is 11.4 Å². The topological polar surface area (TPSA) is 82.6 Å². The van der Waals surface area contributed by atoms with Crippen LogP contribution in [-0.2, 0) is 4.74 Å². The summed E-state index contributed by atoms with van der Waals surface area (Å²) < 4.78 is 9.79. The average Bonchev–Trinajstić information content (AvgIpc) is 2.87. The second-order valence-electron chi connectivity index (χ2n) is 3.46. The second-order valence-corrected chi connectivity index (χ2v) is 3.46. The Labute approximate surface area is 102 Å². The first-order valence-corrected chi connectivity index (χ1v) is 5.05. The third-order valence-electron chi connectivity index (χ3n) is 2.36. The third-order valence-corrected chi connectivity index (χ3v) is 2.36. The number of hydrogen-bond acceptors (Lipinski definition) is 5. The normalized spacial score (nSPS) is 10.1. The number of carbonyl (C=O) groups excluding carboxylic acids is 1. The quantitative estimate of drug-likeness (QED) is 0.473. The van der Waals surface area contributed by atoms with E-state index < -0.39 is 10.9 Å². The smallest absolute Gasteiger partial charge is 0.373 e. The third kappa shape index (κ3) is 2.22. The highest BCUT2D eigenvalue weighted by atomic mass is 16.6. The van der Waals surface area contributed by atoms with Crippen molar-refractivity contribution >= 4 is 11.7 Å². The largest absolute Gasteiger partial charge is 0.463 e. The fourth-order valence-electron chi connectivity index (χ4n) is 1.45. The van der Waals surface area contributed by atoms with E-state index >= 15 is 0 Å². The number of nitro groups is 1. The van der Waals surface area contributed by atoms with Crippen molar-refractivity contribution in [3.05, 3.63) is 52.3 Å². The lowest BCUT2D eigenvalue weighted by molar-refractivity contribution is -0.384. The number of nitro benzene ring substituents is 1. The van der Waals surface area contributed by atoms with Gasteiger partial charge in [0.1, 0.15) is 5.76 Å². The number of benzene rings is 1. The number of carbonyl (C=O) groups is 1. The van der Waals surface area contributed by atoms with Crippen LogP contribution in [0.4, 0.5) is 5.69 Å². The van der Waals surface area contributed by atoms with Crippen LogP contribution in [0.5, 0.6) is 0 Å². The molecule has 0 saturated carbocycles. The van der Waals surface area contributed by atoms with Gasteiger partial charge in [-0.15, -0.1) is 0 Å². The minimum absolute atomic E-state index is 0.00139. The van der Waals surface area contributed by atoms with E-state index in [0.29, 0.717) is 11.3 Å². The van der Waals surface area contributed by atoms with Gasteiger partial charge in [-0.1, -0.05) is 0 Å². The van der Waals surface area contributed by atoms with Crippen molar-refractivity contribution < 1.29 is 18.9 Å². The van der Waals surface area contributed by atoms with Crippen LogP contribution in [0.15, 0.2) is 40.8 Å². The molecule has 0 unspecified atom stereocenters. The predicted octanol–water partition coefficient (Wildman–Crippen LogP) is 2.64. The van der Waals surface area contributed by atoms with E-state index in [1.54, 1.807) is 18.2 Å². The highest BCUT2D eigenvalue weighted by Crippen LogP contribution is 2.24. The van der Waals surface area contributed by atoms with Gasteiger partial charge >= 0.3 is 5.97 Å². The SMILES string of the molecule is COC(=O)c1ccc(-c2ccc([N+](=O)[O-])cc2)o1. The summed E-state index contributed by atoms with van der Waals surface area (Å²) in [5.74, 6) is -0.0284. The zero-order valence-electron chi connectivity index (χ0n) is 9.45. The summed E-state index contributed by atoms with van der Waals surface area (Å²) in [6, 6.07) is 8.94. The first kappa shape index (κ1) is 11.8. The summed E-state index contributed by atoms with van der Waals surface area (Å²) in [5.41, 5.74) is 0.647. The number of rotatable bonds is 3. The number of non-ortho nitro benzene ring substituents is 1. The molecular formula is C12H9NO5. The van der Waals surface area contributed by atoms with E-state index in [1.165, 1.54) is 25.3 Å². The Morgan fingerprint density at radius 2 is 1.89 bits per heavy atom. The maximum absolute atomic E-state index is 11.2. The Balaban J connectivity index is 2.29. The van der Waals surface area contributed by atoms with Crippen LogP contribution in [0, 0.1) is 10.1 Å². The molecule has 0 aliphatic carbocycles. The number of furan rings is 1. The van der Waals surface area contributed by atoms with Gasteiger partial charge in [0.25, 0.3) is 5.69 Å². The molecule has 0 aliphatic heterocycles. The van der Waals surface area contributed by atoms with Crippen LogP contribution in [0.2, 0.25) is 0 Å². The molecule has 1 aromatic carbocycles. The molecule has 0 radical (unpaired) electrons. The van der Waals surface area contributed by atoms with Crippen LogP contribution in [0.25, 0.3) is 11.3 Å². The average molecular weight is 247 g/mol. The summed E-state index contributed by atoms with van der Waals surface area (Å²) in [6.45, 7) is 0. The molecule has 1 aromatic heterocycles. The van der Waals surface area contributed by atoms with Gasteiger partial charge in [-0.05, 0) is 24.3 Å². The number of ether oxygens (including phenoxy) is 1. The molecular weight excluding hydrogens is 238 g/mol. The molecule has 0 spiro atoms. The Bertz CT molecular complexity index is 585. The highest BCUT2D eigenvalue weighted by Gasteiger charge is 2.13. The molecule has 6 nitrogen and oxygen atoms in total. The van der Waals surface area contributed by atoms with E-state index in [1.807, 2.05) is 0 Å². The van der Waals surface area contributed by atoms with Gasteiger partial charge in [-0.25, -0.2) is 4.79 Å². The Hall–Kier alpha value is -2.63. The van der Waals surface area contributed by atoms with Crippen molar-refractivity contribution in [1.29, 1.82) is 0 Å². The number of nitrogens with zero attached hydrogens (tertiary/aromatic N) is 1. The molecule has 1 heterocycles. The molecule has 2 aromatic rings. The minimum atomic E-state index is -0.567. The van der Waals surface area contributed by atoms with Crippen molar-refractivity contribution in [3.8, 4) is 11.3 Å². The van der Waals surface area contributed by atoms with E-state index in [0.717, 1.165) is 0 Å². The minimum Gasteiger partial charge on any atom is -0.463 e. The molecule has 6 heteroatoms. The van der Waals surface area contributed by atoms with Crippen molar-refractivity contribution in [2.45, 2.75) is 0 Å². The summed E-state index contributed by atoms with van der Waals surface area (Å²) in [4.78, 5) is 21.2. The lowest BCUT2D eigenvalue weighted by Gasteiger charge is -1.97. The molecule has 92 valence electrons. The predicted molar refractivity (Wildman–Crippen MR) is 62.1 cm³/mol. The van der Waals surface area contributed by atoms with Gasteiger partial charge in [0.15, 0.2) is 0 Å². The fourth-order valence-corrected chi connectivity index (χ4v) is 1.45. The summed E-state index contributed by atoms with van der Waals surface area (Å²) >= 11 is 0. The van der Waals surface area contributed by atoms with Crippen LogP contribution in [-0.4, -0.2) is 18.0 Å². The maximum Gasteiger partial charge on any atom is 0.373 e. The van der Waals surface area contributed by atoms with E-state index in [4.69, 9.17) is 4.42 Å². The molecule has 0 amide bonds. The second kappa shape index (κ2) is 4.70. The van der Waals surface area contributed by atoms with Gasteiger partial charge in [-0.2, -0.15) is 0 Å². The highest BCUT2D eigenvalue weighted by molar-refractivity contribution is 5.87. The standard InChI is InChI=1S/C12H9NO5/c1-17-12(14)11-7-6-10(18-11)8-2-4-9(5-3-8)13(15)16/h2-7H,1H3. The van der Waals surface area contributed by atoms with Gasteiger partial charge in [0.05, 0.1) is 12.0 Å². The lowest BCUT2D eigenvalue weighted by atomic mass is 10.1. The fraction of sp³-hybridized carbons (Fsp3) is 0.0833.